The van der Waals surface area contributed by atoms with Gasteiger partial charge in [-0.2, -0.15) is 17.9 Å². The number of halogens is 4. The topological polar surface area (TPSA) is 68.9 Å². The normalized spacial score (nSPS) is 11.4. The Morgan fingerprint density at radius 1 is 1.26 bits per heavy atom. The highest BCUT2D eigenvalue weighted by atomic mass is 32.1. The standard InChI is InChI=1S/C17H11F4N3O2S/c18-12-6-10(5-11(7-12)17(19,20)21)16-23-14(9-27-16)15(25)22-8-13-3-1-2-4-24(13)26/h1-7,9H,8H2,(H,22,25). The summed E-state index contributed by atoms with van der Waals surface area (Å²) in [6.07, 6.45) is -3.41. The lowest BCUT2D eigenvalue weighted by Gasteiger charge is -2.08. The molecule has 0 spiro atoms. The highest BCUT2D eigenvalue weighted by molar-refractivity contribution is 7.13. The van der Waals surface area contributed by atoms with Gasteiger partial charge in [-0.3, -0.25) is 4.79 Å². The van der Waals surface area contributed by atoms with Crippen LogP contribution in [0.15, 0.2) is 48.0 Å². The van der Waals surface area contributed by atoms with E-state index in [1.165, 1.54) is 17.6 Å². The summed E-state index contributed by atoms with van der Waals surface area (Å²) in [6, 6.07) is 6.79. The van der Waals surface area contributed by atoms with Gasteiger partial charge in [-0.05, 0) is 24.3 Å². The molecule has 5 nitrogen and oxygen atoms in total. The molecule has 0 saturated carbocycles. The minimum atomic E-state index is -4.70. The quantitative estimate of drug-likeness (QED) is 0.416. The maximum absolute atomic E-state index is 13.5. The zero-order valence-electron chi connectivity index (χ0n) is 13.5. The van der Waals surface area contributed by atoms with Gasteiger partial charge < -0.3 is 10.5 Å². The molecule has 0 aliphatic rings. The van der Waals surface area contributed by atoms with Crippen LogP contribution in [0.3, 0.4) is 0 Å². The molecule has 27 heavy (non-hydrogen) atoms. The molecular weight excluding hydrogens is 386 g/mol. The predicted molar refractivity (Wildman–Crippen MR) is 89.1 cm³/mol. The van der Waals surface area contributed by atoms with E-state index in [4.69, 9.17) is 0 Å². The molecule has 1 aromatic carbocycles. The van der Waals surface area contributed by atoms with Gasteiger partial charge in [0.2, 0.25) is 5.69 Å². The van der Waals surface area contributed by atoms with Crippen LogP contribution in [0.4, 0.5) is 17.6 Å². The van der Waals surface area contributed by atoms with E-state index in [-0.39, 0.29) is 22.8 Å². The van der Waals surface area contributed by atoms with Crippen molar-refractivity contribution in [1.29, 1.82) is 0 Å². The fraction of sp³-hybridized carbons (Fsp3) is 0.118. The number of aromatic nitrogens is 2. The molecule has 0 aliphatic carbocycles. The van der Waals surface area contributed by atoms with Gasteiger partial charge in [0.25, 0.3) is 5.91 Å². The first-order valence-corrected chi connectivity index (χ1v) is 8.41. The fourth-order valence-electron chi connectivity index (χ4n) is 2.25. The number of alkyl halides is 3. The van der Waals surface area contributed by atoms with Crippen LogP contribution in [0.5, 0.6) is 0 Å². The average molecular weight is 397 g/mol. The number of rotatable bonds is 4. The molecule has 2 heterocycles. The Balaban J connectivity index is 1.78. The predicted octanol–water partition coefficient (Wildman–Crippen LogP) is 3.53. The smallest absolute Gasteiger partial charge is 0.416 e. The second kappa shape index (κ2) is 7.31. The van der Waals surface area contributed by atoms with Crippen molar-refractivity contribution in [2.24, 2.45) is 0 Å². The SMILES string of the molecule is O=C(NCc1cccc[n+]1[O-])c1csc(-c2cc(F)cc(C(F)(F)F)c2)n1. The molecule has 2 aromatic heterocycles. The number of nitrogens with zero attached hydrogens (tertiary/aromatic N) is 2. The molecule has 0 aliphatic heterocycles. The molecule has 0 fully saturated rings. The minimum absolute atomic E-state index is 0.0406. The Hall–Kier alpha value is -3.01. The van der Waals surface area contributed by atoms with Crippen molar-refractivity contribution in [3.8, 4) is 10.6 Å². The van der Waals surface area contributed by atoms with Gasteiger partial charge in [-0.15, -0.1) is 11.3 Å². The molecular formula is C17H11F4N3O2S. The van der Waals surface area contributed by atoms with Crippen LogP contribution in [0, 0.1) is 11.0 Å². The van der Waals surface area contributed by atoms with Crippen LogP contribution in [-0.2, 0) is 12.7 Å². The lowest BCUT2D eigenvalue weighted by Crippen LogP contribution is -2.35. The van der Waals surface area contributed by atoms with Crippen LogP contribution < -0.4 is 10.0 Å². The summed E-state index contributed by atoms with van der Waals surface area (Å²) in [4.78, 5) is 16.1. The number of nitrogens with one attached hydrogen (secondary N) is 1. The van der Waals surface area contributed by atoms with Gasteiger partial charge in [-0.1, -0.05) is 0 Å². The molecule has 140 valence electrons. The van der Waals surface area contributed by atoms with Gasteiger partial charge >= 0.3 is 6.18 Å². The van der Waals surface area contributed by atoms with Gasteiger partial charge in [0.1, 0.15) is 23.1 Å². The van der Waals surface area contributed by atoms with Gasteiger partial charge in [0.05, 0.1) is 5.56 Å². The Morgan fingerprint density at radius 2 is 2.04 bits per heavy atom. The van der Waals surface area contributed by atoms with Gasteiger partial charge in [0, 0.05) is 23.1 Å². The number of hydrogen-bond acceptors (Lipinski definition) is 4. The van der Waals surface area contributed by atoms with Crippen molar-refractivity contribution in [1.82, 2.24) is 10.3 Å². The summed E-state index contributed by atoms with van der Waals surface area (Å²) >= 11 is 0.911. The van der Waals surface area contributed by atoms with Crippen LogP contribution >= 0.6 is 11.3 Å². The molecule has 0 bridgehead atoms. The van der Waals surface area contributed by atoms with Crippen LogP contribution in [-0.4, -0.2) is 10.9 Å². The summed E-state index contributed by atoms with van der Waals surface area (Å²) in [7, 11) is 0. The Kier molecular flexibility index (Phi) is 5.08. The minimum Gasteiger partial charge on any atom is -0.618 e. The van der Waals surface area contributed by atoms with Crippen molar-refractivity contribution in [2.75, 3.05) is 0 Å². The number of benzene rings is 1. The maximum atomic E-state index is 13.5. The largest absolute Gasteiger partial charge is 0.618 e. The van der Waals surface area contributed by atoms with E-state index in [1.54, 1.807) is 12.1 Å². The summed E-state index contributed by atoms with van der Waals surface area (Å²) in [6.45, 7) is -0.0474. The fourth-order valence-corrected chi connectivity index (χ4v) is 3.04. The first-order valence-electron chi connectivity index (χ1n) is 7.53. The molecule has 1 amide bonds. The molecule has 0 saturated heterocycles. The Morgan fingerprint density at radius 3 is 2.74 bits per heavy atom. The third kappa shape index (κ3) is 4.40. The number of pyridine rings is 1. The number of carbonyl (C=O) groups excluding carboxylic acids is 1. The summed E-state index contributed by atoms with van der Waals surface area (Å²) in [5.74, 6) is -1.65. The first kappa shape index (κ1) is 18.8. The third-order valence-corrected chi connectivity index (χ3v) is 4.43. The van der Waals surface area contributed by atoms with E-state index < -0.39 is 23.5 Å². The number of thiazole rings is 1. The summed E-state index contributed by atoms with van der Waals surface area (Å²) in [5.41, 5.74) is -0.947. The van der Waals surface area contributed by atoms with Crippen molar-refractivity contribution < 1.29 is 27.1 Å². The first-order chi connectivity index (χ1) is 12.7. The van der Waals surface area contributed by atoms with E-state index in [1.807, 2.05) is 0 Å². The molecule has 1 N–H and O–H groups in total. The molecule has 0 atom stereocenters. The molecule has 0 unspecified atom stereocenters. The van der Waals surface area contributed by atoms with E-state index in [2.05, 4.69) is 10.3 Å². The summed E-state index contributed by atoms with van der Waals surface area (Å²) in [5, 5.41) is 15.4. The second-order valence-corrected chi connectivity index (χ2v) is 6.32. The maximum Gasteiger partial charge on any atom is 0.416 e. The molecule has 3 aromatic rings. The third-order valence-electron chi connectivity index (χ3n) is 3.54. The van der Waals surface area contributed by atoms with Crippen molar-refractivity contribution in [2.45, 2.75) is 12.7 Å². The molecule has 3 rings (SSSR count). The molecule has 0 radical (unpaired) electrons. The van der Waals surface area contributed by atoms with Crippen molar-refractivity contribution >= 4 is 17.2 Å². The van der Waals surface area contributed by atoms with Crippen molar-refractivity contribution in [3.05, 3.63) is 76.0 Å². The summed E-state index contributed by atoms with van der Waals surface area (Å²) < 4.78 is 52.6. The van der Waals surface area contributed by atoms with E-state index in [0.29, 0.717) is 16.5 Å². The van der Waals surface area contributed by atoms with Gasteiger partial charge in [0.15, 0.2) is 6.20 Å². The second-order valence-electron chi connectivity index (χ2n) is 5.46. The monoisotopic (exact) mass is 397 g/mol. The van der Waals surface area contributed by atoms with E-state index in [0.717, 1.165) is 23.5 Å². The number of carbonyl (C=O) groups is 1. The zero-order chi connectivity index (χ0) is 19.6. The number of amides is 1. The lowest BCUT2D eigenvalue weighted by atomic mass is 10.1. The highest BCUT2D eigenvalue weighted by Crippen LogP contribution is 2.34. The van der Waals surface area contributed by atoms with Crippen LogP contribution in [0.1, 0.15) is 21.7 Å². The lowest BCUT2D eigenvalue weighted by molar-refractivity contribution is -0.614. The van der Waals surface area contributed by atoms with E-state index in [9.17, 15) is 27.6 Å². The average Bonchev–Trinajstić information content (AvgIpc) is 3.10. The van der Waals surface area contributed by atoms with Crippen LogP contribution in [0.25, 0.3) is 10.6 Å². The van der Waals surface area contributed by atoms with Gasteiger partial charge in [-0.25, -0.2) is 9.37 Å². The number of hydrogen-bond donors (Lipinski definition) is 1. The Bertz CT molecular complexity index is 988. The zero-order valence-corrected chi connectivity index (χ0v) is 14.3. The van der Waals surface area contributed by atoms with Crippen LogP contribution in [0.2, 0.25) is 0 Å². The van der Waals surface area contributed by atoms with Crippen molar-refractivity contribution in [3.63, 3.8) is 0 Å². The molecule has 10 heteroatoms. The van der Waals surface area contributed by atoms with E-state index >= 15 is 0 Å². The highest BCUT2D eigenvalue weighted by Gasteiger charge is 2.31. The Labute approximate surface area is 154 Å².